The van der Waals surface area contributed by atoms with Crippen molar-refractivity contribution in [2.75, 3.05) is 20.1 Å². The van der Waals surface area contributed by atoms with Gasteiger partial charge in [-0.05, 0) is 62.6 Å². The molecule has 1 fully saturated rings. The van der Waals surface area contributed by atoms with Crippen molar-refractivity contribution < 1.29 is 18.7 Å². The van der Waals surface area contributed by atoms with E-state index >= 15 is 0 Å². The van der Waals surface area contributed by atoms with E-state index in [4.69, 9.17) is 9.84 Å². The Labute approximate surface area is 210 Å². The lowest BCUT2D eigenvalue weighted by atomic mass is 10.0. The molecule has 9 heteroatoms. The molecule has 1 aromatic carbocycles. The molecule has 1 aliphatic heterocycles. The molecular weight excluding hydrogens is 461 g/mol. The molecule has 4 rings (SSSR count). The van der Waals surface area contributed by atoms with E-state index in [1.54, 1.807) is 41.2 Å². The van der Waals surface area contributed by atoms with Gasteiger partial charge in [-0.3, -0.25) is 14.5 Å². The van der Waals surface area contributed by atoms with Crippen molar-refractivity contribution in [3.05, 3.63) is 71.9 Å². The number of aromatic nitrogens is 3. The standard InChI is InChI=1S/C27H32FN5O3/c1-19(2)36-27(35)31(3)23-10-14-32(15-11-23)26(34)18-33-24(16-20-4-6-22(28)7-5-20)17-25(30-33)21-8-12-29-13-9-21/h4-9,12-13,17,19,23H,10-11,14-16,18H2,1-3H3. The average Bonchev–Trinajstić information content (AvgIpc) is 3.27. The van der Waals surface area contributed by atoms with Gasteiger partial charge in [0, 0.05) is 56.3 Å². The molecular formula is C27H32FN5O3. The minimum atomic E-state index is -0.333. The molecule has 0 atom stereocenters. The molecule has 190 valence electrons. The number of carbonyl (C=O) groups is 2. The molecule has 0 unspecified atom stereocenters. The summed E-state index contributed by atoms with van der Waals surface area (Å²) < 4.78 is 20.4. The Hall–Kier alpha value is -3.75. The van der Waals surface area contributed by atoms with Crippen molar-refractivity contribution in [2.24, 2.45) is 0 Å². The number of likely N-dealkylation sites (tertiary alicyclic amines) is 1. The smallest absolute Gasteiger partial charge is 0.410 e. The summed E-state index contributed by atoms with van der Waals surface area (Å²) in [4.78, 5) is 33.0. The van der Waals surface area contributed by atoms with E-state index in [-0.39, 0.29) is 36.5 Å². The number of nitrogens with zero attached hydrogens (tertiary/aromatic N) is 5. The number of ether oxygens (including phenoxy) is 1. The Morgan fingerprint density at radius 2 is 1.78 bits per heavy atom. The molecule has 2 amide bonds. The van der Waals surface area contributed by atoms with Gasteiger partial charge in [0.15, 0.2) is 0 Å². The van der Waals surface area contributed by atoms with Crippen LogP contribution in [-0.2, 0) is 22.5 Å². The van der Waals surface area contributed by atoms with Crippen molar-refractivity contribution in [3.63, 3.8) is 0 Å². The number of benzene rings is 1. The first kappa shape index (κ1) is 25.3. The van der Waals surface area contributed by atoms with Crippen molar-refractivity contribution in [2.45, 2.75) is 51.8 Å². The summed E-state index contributed by atoms with van der Waals surface area (Å²) in [5.74, 6) is -0.308. The zero-order valence-electron chi connectivity index (χ0n) is 20.9. The summed E-state index contributed by atoms with van der Waals surface area (Å²) in [6, 6.07) is 12.1. The molecule has 0 bridgehead atoms. The van der Waals surface area contributed by atoms with Gasteiger partial charge in [0.1, 0.15) is 12.4 Å². The highest BCUT2D eigenvalue weighted by Crippen LogP contribution is 2.22. The summed E-state index contributed by atoms with van der Waals surface area (Å²) in [5, 5.41) is 4.72. The van der Waals surface area contributed by atoms with Gasteiger partial charge < -0.3 is 14.5 Å². The van der Waals surface area contributed by atoms with Crippen LogP contribution in [0.2, 0.25) is 0 Å². The number of amides is 2. The highest BCUT2D eigenvalue weighted by atomic mass is 19.1. The fraction of sp³-hybridized carbons (Fsp3) is 0.407. The molecule has 2 aromatic heterocycles. The number of piperidine rings is 1. The first-order valence-corrected chi connectivity index (χ1v) is 12.2. The minimum absolute atomic E-state index is 0.0226. The fourth-order valence-corrected chi connectivity index (χ4v) is 4.37. The first-order chi connectivity index (χ1) is 17.3. The van der Waals surface area contributed by atoms with Crippen molar-refractivity contribution >= 4 is 12.0 Å². The first-order valence-electron chi connectivity index (χ1n) is 12.2. The van der Waals surface area contributed by atoms with E-state index in [1.165, 1.54) is 12.1 Å². The Morgan fingerprint density at radius 3 is 2.42 bits per heavy atom. The van der Waals surface area contributed by atoms with Crippen LogP contribution in [-0.4, -0.2) is 68.8 Å². The van der Waals surface area contributed by atoms with Gasteiger partial charge in [0.2, 0.25) is 5.91 Å². The Balaban J connectivity index is 1.45. The van der Waals surface area contributed by atoms with Crippen LogP contribution in [0.4, 0.5) is 9.18 Å². The Morgan fingerprint density at radius 1 is 1.11 bits per heavy atom. The summed E-state index contributed by atoms with van der Waals surface area (Å²) in [6.07, 6.45) is 4.82. The predicted molar refractivity (Wildman–Crippen MR) is 134 cm³/mol. The molecule has 36 heavy (non-hydrogen) atoms. The lowest BCUT2D eigenvalue weighted by molar-refractivity contribution is -0.133. The van der Waals surface area contributed by atoms with Gasteiger partial charge >= 0.3 is 6.09 Å². The van der Waals surface area contributed by atoms with Crippen LogP contribution in [0.3, 0.4) is 0 Å². The lowest BCUT2D eigenvalue weighted by Crippen LogP contribution is -2.48. The third-order valence-electron chi connectivity index (χ3n) is 6.41. The zero-order valence-corrected chi connectivity index (χ0v) is 20.9. The van der Waals surface area contributed by atoms with E-state index in [9.17, 15) is 14.0 Å². The lowest BCUT2D eigenvalue weighted by Gasteiger charge is -2.36. The van der Waals surface area contributed by atoms with E-state index in [1.807, 2.05) is 36.9 Å². The van der Waals surface area contributed by atoms with Gasteiger partial charge in [0.25, 0.3) is 0 Å². The van der Waals surface area contributed by atoms with Crippen LogP contribution < -0.4 is 0 Å². The normalized spacial score (nSPS) is 14.2. The Bertz CT molecular complexity index is 1170. The molecule has 0 N–H and O–H groups in total. The van der Waals surface area contributed by atoms with Crippen LogP contribution in [0.15, 0.2) is 54.9 Å². The topological polar surface area (TPSA) is 80.6 Å². The van der Waals surface area contributed by atoms with E-state index < -0.39 is 0 Å². The Kier molecular flexibility index (Phi) is 7.97. The van der Waals surface area contributed by atoms with Gasteiger partial charge in [-0.1, -0.05) is 12.1 Å². The summed E-state index contributed by atoms with van der Waals surface area (Å²) in [7, 11) is 1.75. The molecule has 0 aliphatic carbocycles. The zero-order chi connectivity index (χ0) is 25.7. The maximum absolute atomic E-state index is 13.4. The molecule has 0 radical (unpaired) electrons. The van der Waals surface area contributed by atoms with Crippen LogP contribution in [0, 0.1) is 5.82 Å². The molecule has 1 saturated heterocycles. The number of hydrogen-bond acceptors (Lipinski definition) is 5. The predicted octanol–water partition coefficient (Wildman–Crippen LogP) is 4.14. The van der Waals surface area contributed by atoms with E-state index in [2.05, 4.69) is 4.98 Å². The second kappa shape index (κ2) is 11.3. The van der Waals surface area contributed by atoms with Crippen LogP contribution >= 0.6 is 0 Å². The molecule has 0 saturated carbocycles. The maximum atomic E-state index is 13.4. The van der Waals surface area contributed by atoms with Gasteiger partial charge in [-0.2, -0.15) is 5.10 Å². The quantitative estimate of drug-likeness (QED) is 0.494. The van der Waals surface area contributed by atoms with Gasteiger partial charge in [0.05, 0.1) is 11.8 Å². The van der Waals surface area contributed by atoms with Crippen LogP contribution in [0.1, 0.15) is 37.9 Å². The third kappa shape index (κ3) is 6.27. The van der Waals surface area contributed by atoms with Crippen molar-refractivity contribution in [1.82, 2.24) is 24.6 Å². The third-order valence-corrected chi connectivity index (χ3v) is 6.41. The van der Waals surface area contributed by atoms with Gasteiger partial charge in [-0.15, -0.1) is 0 Å². The summed E-state index contributed by atoms with van der Waals surface area (Å²) >= 11 is 0. The maximum Gasteiger partial charge on any atom is 0.410 e. The molecule has 3 aromatic rings. The van der Waals surface area contributed by atoms with E-state index in [0.717, 1.165) is 22.5 Å². The second-order valence-electron chi connectivity index (χ2n) is 9.37. The largest absolute Gasteiger partial charge is 0.447 e. The summed E-state index contributed by atoms with van der Waals surface area (Å²) in [5.41, 5.74) is 3.47. The monoisotopic (exact) mass is 493 g/mol. The van der Waals surface area contributed by atoms with E-state index in [0.29, 0.717) is 32.4 Å². The van der Waals surface area contributed by atoms with Crippen molar-refractivity contribution in [3.8, 4) is 11.3 Å². The van der Waals surface area contributed by atoms with Crippen molar-refractivity contribution in [1.29, 1.82) is 0 Å². The molecule has 8 nitrogen and oxygen atoms in total. The van der Waals surface area contributed by atoms with Crippen LogP contribution in [0.5, 0.6) is 0 Å². The number of carbonyl (C=O) groups excluding carboxylic acids is 2. The fourth-order valence-electron chi connectivity index (χ4n) is 4.37. The number of rotatable bonds is 7. The molecule has 0 spiro atoms. The minimum Gasteiger partial charge on any atom is -0.447 e. The molecule has 1 aliphatic rings. The second-order valence-corrected chi connectivity index (χ2v) is 9.37. The summed E-state index contributed by atoms with van der Waals surface area (Å²) in [6.45, 7) is 4.89. The van der Waals surface area contributed by atoms with Crippen LogP contribution in [0.25, 0.3) is 11.3 Å². The number of pyridine rings is 1. The molecule has 3 heterocycles. The van der Waals surface area contributed by atoms with Gasteiger partial charge in [-0.25, -0.2) is 9.18 Å². The highest BCUT2D eigenvalue weighted by molar-refractivity contribution is 5.76. The average molecular weight is 494 g/mol. The number of hydrogen-bond donors (Lipinski definition) is 0. The highest BCUT2D eigenvalue weighted by Gasteiger charge is 2.29. The SMILES string of the molecule is CC(C)OC(=O)N(C)C1CCN(C(=O)Cn2nc(-c3ccncc3)cc2Cc2ccc(F)cc2)CC1. The number of halogens is 1.